The predicted molar refractivity (Wildman–Crippen MR) is 88.6 cm³/mol. The lowest BCUT2D eigenvalue weighted by Gasteiger charge is -2.36. The first kappa shape index (κ1) is 17.1. The number of non-ortho nitro benzene ring substituents is 1. The fourth-order valence-electron chi connectivity index (χ4n) is 3.73. The van der Waals surface area contributed by atoms with Crippen LogP contribution in [0.3, 0.4) is 0 Å². The van der Waals surface area contributed by atoms with Crippen LogP contribution >= 0.6 is 0 Å². The van der Waals surface area contributed by atoms with Gasteiger partial charge in [0.1, 0.15) is 6.54 Å². The predicted octanol–water partition coefficient (Wildman–Crippen LogP) is 2.24. The van der Waals surface area contributed by atoms with Crippen LogP contribution < -0.4 is 5.32 Å². The molecule has 0 unspecified atom stereocenters. The van der Waals surface area contributed by atoms with Gasteiger partial charge < -0.3 is 5.32 Å². The van der Waals surface area contributed by atoms with Gasteiger partial charge in [0.15, 0.2) is 0 Å². The number of nitro groups is 1. The van der Waals surface area contributed by atoms with Crippen molar-refractivity contribution < 1.29 is 19.3 Å². The van der Waals surface area contributed by atoms with Gasteiger partial charge in [0.25, 0.3) is 5.69 Å². The maximum atomic E-state index is 12.3. The number of hydrogen-bond acceptors (Lipinski definition) is 5. The molecule has 25 heavy (non-hydrogen) atoms. The maximum Gasteiger partial charge on any atom is 0.271 e. The molecule has 8 heteroatoms. The topological polar surface area (TPSA) is 110 Å². The Kier molecular flexibility index (Phi) is 4.52. The van der Waals surface area contributed by atoms with Gasteiger partial charge in [0.05, 0.1) is 4.92 Å². The average Bonchev–Trinajstić information content (AvgIpc) is 2.99. The third kappa shape index (κ3) is 3.67. The van der Waals surface area contributed by atoms with Gasteiger partial charge in [-0.2, -0.15) is 0 Å². The molecule has 1 saturated carbocycles. The number of rotatable bonds is 4. The third-order valence-corrected chi connectivity index (χ3v) is 4.96. The summed E-state index contributed by atoms with van der Waals surface area (Å²) in [7, 11) is 0. The number of amides is 3. The highest BCUT2D eigenvalue weighted by molar-refractivity contribution is 6.04. The van der Waals surface area contributed by atoms with Crippen molar-refractivity contribution in [2.45, 2.75) is 38.5 Å². The van der Waals surface area contributed by atoms with Crippen molar-refractivity contribution in [2.24, 2.45) is 5.41 Å². The summed E-state index contributed by atoms with van der Waals surface area (Å²) in [5.74, 6) is -1.18. The van der Waals surface area contributed by atoms with Gasteiger partial charge in [0, 0.05) is 30.7 Å². The molecule has 132 valence electrons. The molecule has 0 aromatic heterocycles. The van der Waals surface area contributed by atoms with Gasteiger partial charge in [-0.3, -0.25) is 29.4 Å². The maximum absolute atomic E-state index is 12.3. The third-order valence-electron chi connectivity index (χ3n) is 4.96. The lowest BCUT2D eigenvalue weighted by Crippen LogP contribution is -2.49. The zero-order valence-corrected chi connectivity index (χ0v) is 13.7. The van der Waals surface area contributed by atoms with Gasteiger partial charge in [0.2, 0.25) is 17.7 Å². The molecule has 1 spiro atoms. The summed E-state index contributed by atoms with van der Waals surface area (Å²) < 4.78 is 0. The second-order valence-corrected chi connectivity index (χ2v) is 6.79. The minimum atomic E-state index is -0.561. The zero-order valence-electron chi connectivity index (χ0n) is 13.7. The van der Waals surface area contributed by atoms with E-state index >= 15 is 0 Å². The molecule has 1 aromatic carbocycles. The van der Waals surface area contributed by atoms with Crippen molar-refractivity contribution >= 4 is 29.1 Å². The van der Waals surface area contributed by atoms with Crippen molar-refractivity contribution in [3.63, 3.8) is 0 Å². The summed E-state index contributed by atoms with van der Waals surface area (Å²) in [5.41, 5.74) is -0.101. The first-order valence-corrected chi connectivity index (χ1v) is 8.26. The van der Waals surface area contributed by atoms with Crippen LogP contribution in [0.2, 0.25) is 0 Å². The molecule has 8 nitrogen and oxygen atoms in total. The van der Waals surface area contributed by atoms with Crippen LogP contribution in [0.5, 0.6) is 0 Å². The average molecular weight is 345 g/mol. The van der Waals surface area contributed by atoms with Gasteiger partial charge in [-0.15, -0.1) is 0 Å². The fourth-order valence-corrected chi connectivity index (χ4v) is 3.73. The van der Waals surface area contributed by atoms with Crippen molar-refractivity contribution in [2.75, 3.05) is 11.9 Å². The second-order valence-electron chi connectivity index (χ2n) is 6.79. The van der Waals surface area contributed by atoms with E-state index in [9.17, 15) is 24.5 Å². The Morgan fingerprint density at radius 3 is 2.44 bits per heavy atom. The summed E-state index contributed by atoms with van der Waals surface area (Å²) in [4.78, 5) is 48.0. The number of nitrogens with zero attached hydrogens (tertiary/aromatic N) is 2. The van der Waals surface area contributed by atoms with Crippen LogP contribution in [0, 0.1) is 15.5 Å². The van der Waals surface area contributed by atoms with Crippen LogP contribution in [-0.2, 0) is 14.4 Å². The van der Waals surface area contributed by atoms with E-state index in [1.807, 2.05) is 0 Å². The SMILES string of the molecule is O=C(CN1C(=O)CC2(CCCC2)CC1=O)Nc1cccc([N+](=O)[O-])c1. The molecule has 1 aromatic rings. The number of carbonyl (C=O) groups is 3. The lowest BCUT2D eigenvalue weighted by molar-refractivity contribution is -0.384. The number of nitrogens with one attached hydrogen (secondary N) is 1. The number of likely N-dealkylation sites (tertiary alicyclic amines) is 1. The van der Waals surface area contributed by atoms with Crippen LogP contribution in [0.15, 0.2) is 24.3 Å². The summed E-state index contributed by atoms with van der Waals surface area (Å²) in [6, 6.07) is 5.51. The Balaban J connectivity index is 1.63. The van der Waals surface area contributed by atoms with Crippen molar-refractivity contribution in [1.29, 1.82) is 0 Å². The van der Waals surface area contributed by atoms with Gasteiger partial charge in [-0.1, -0.05) is 18.9 Å². The number of carbonyl (C=O) groups excluding carboxylic acids is 3. The fraction of sp³-hybridized carbons (Fsp3) is 0.471. The molecule has 3 amide bonds. The molecule has 1 heterocycles. The van der Waals surface area contributed by atoms with Crippen molar-refractivity contribution in [3.8, 4) is 0 Å². The Bertz CT molecular complexity index is 720. The molecule has 0 bridgehead atoms. The Hall–Kier alpha value is -2.77. The molecule has 1 aliphatic heterocycles. The van der Waals surface area contributed by atoms with E-state index in [2.05, 4.69) is 5.32 Å². The summed E-state index contributed by atoms with van der Waals surface area (Å²) in [5, 5.41) is 13.3. The summed E-state index contributed by atoms with van der Waals surface area (Å²) >= 11 is 0. The number of hydrogen-bond donors (Lipinski definition) is 1. The van der Waals surface area contributed by atoms with Crippen molar-refractivity contribution in [3.05, 3.63) is 34.4 Å². The van der Waals surface area contributed by atoms with E-state index in [0.29, 0.717) is 12.8 Å². The highest BCUT2D eigenvalue weighted by Crippen LogP contribution is 2.46. The number of imide groups is 1. The Morgan fingerprint density at radius 2 is 1.84 bits per heavy atom. The minimum absolute atomic E-state index is 0.147. The minimum Gasteiger partial charge on any atom is -0.324 e. The normalized spacial score (nSPS) is 19.3. The smallest absolute Gasteiger partial charge is 0.271 e. The second kappa shape index (κ2) is 6.62. The Labute approximate surface area is 144 Å². The van der Waals surface area contributed by atoms with Gasteiger partial charge >= 0.3 is 0 Å². The van der Waals surface area contributed by atoms with Crippen LogP contribution in [0.4, 0.5) is 11.4 Å². The molecule has 2 fully saturated rings. The molecule has 1 N–H and O–H groups in total. The zero-order chi connectivity index (χ0) is 18.0. The highest BCUT2D eigenvalue weighted by Gasteiger charge is 2.45. The van der Waals surface area contributed by atoms with Gasteiger partial charge in [-0.05, 0) is 24.3 Å². The van der Waals surface area contributed by atoms with E-state index in [1.165, 1.54) is 24.3 Å². The standard InChI is InChI=1S/C17H19N3O5/c21-14(18-12-4-3-5-13(8-12)20(24)25)11-19-15(22)9-17(10-16(19)23)6-1-2-7-17/h3-5,8H,1-2,6-7,9-11H2,(H,18,21). The monoisotopic (exact) mass is 345 g/mol. The molecular weight excluding hydrogens is 326 g/mol. The number of benzene rings is 1. The Morgan fingerprint density at radius 1 is 1.20 bits per heavy atom. The first-order valence-electron chi connectivity index (χ1n) is 8.26. The number of nitro benzene ring substituents is 1. The molecule has 0 atom stereocenters. The molecule has 0 radical (unpaired) electrons. The molecule has 2 aliphatic rings. The van der Waals surface area contributed by atoms with E-state index in [4.69, 9.17) is 0 Å². The van der Waals surface area contributed by atoms with E-state index in [1.54, 1.807) is 0 Å². The van der Waals surface area contributed by atoms with E-state index in [0.717, 1.165) is 30.6 Å². The summed E-state index contributed by atoms with van der Waals surface area (Å²) in [6.07, 6.45) is 4.46. The van der Waals surface area contributed by atoms with Crippen LogP contribution in [0.1, 0.15) is 38.5 Å². The van der Waals surface area contributed by atoms with Crippen molar-refractivity contribution in [1.82, 2.24) is 4.90 Å². The molecule has 3 rings (SSSR count). The molecule has 1 aliphatic carbocycles. The lowest BCUT2D eigenvalue weighted by atomic mass is 9.76. The largest absolute Gasteiger partial charge is 0.324 e. The number of anilines is 1. The highest BCUT2D eigenvalue weighted by atomic mass is 16.6. The molecular formula is C17H19N3O5. The number of piperidine rings is 1. The quantitative estimate of drug-likeness (QED) is 0.511. The molecule has 1 saturated heterocycles. The van der Waals surface area contributed by atoms with Crippen LogP contribution in [0.25, 0.3) is 0 Å². The van der Waals surface area contributed by atoms with E-state index < -0.39 is 10.8 Å². The van der Waals surface area contributed by atoms with E-state index in [-0.39, 0.29) is 35.1 Å². The summed E-state index contributed by atoms with van der Waals surface area (Å²) in [6.45, 7) is -0.365. The van der Waals surface area contributed by atoms with Crippen LogP contribution in [-0.4, -0.2) is 34.1 Å². The van der Waals surface area contributed by atoms with Gasteiger partial charge in [-0.25, -0.2) is 0 Å². The first-order chi connectivity index (χ1) is 11.9.